The van der Waals surface area contributed by atoms with Gasteiger partial charge in [-0.25, -0.2) is 9.97 Å². The maximum atomic E-state index is 12.3. The summed E-state index contributed by atoms with van der Waals surface area (Å²) in [4.78, 5) is 22.9. The minimum absolute atomic E-state index is 0.218. The van der Waals surface area contributed by atoms with Crippen LogP contribution < -0.4 is 15.0 Å². The molecule has 0 aromatic carbocycles. The van der Waals surface area contributed by atoms with Gasteiger partial charge >= 0.3 is 0 Å². The summed E-state index contributed by atoms with van der Waals surface area (Å²) in [5.41, 5.74) is 1.41. The minimum Gasteiger partial charge on any atom is -0.480 e. The first-order valence-corrected chi connectivity index (χ1v) is 7.83. The summed E-state index contributed by atoms with van der Waals surface area (Å²) in [7, 11) is 1.50. The van der Waals surface area contributed by atoms with Crippen LogP contribution in [0.3, 0.4) is 0 Å². The highest BCUT2D eigenvalue weighted by Crippen LogP contribution is 2.16. The molecular weight excluding hydrogens is 308 g/mol. The van der Waals surface area contributed by atoms with E-state index in [0.29, 0.717) is 31.2 Å². The number of anilines is 1. The first kappa shape index (κ1) is 16.2. The molecule has 2 aromatic heterocycles. The van der Waals surface area contributed by atoms with Crippen LogP contribution in [0.25, 0.3) is 0 Å². The van der Waals surface area contributed by atoms with Gasteiger partial charge in [0.1, 0.15) is 11.4 Å². The predicted octanol–water partition coefficient (Wildman–Crippen LogP) is 1.25. The fourth-order valence-corrected chi connectivity index (χ4v) is 2.54. The Kier molecular flexibility index (Phi) is 5.22. The van der Waals surface area contributed by atoms with E-state index < -0.39 is 0 Å². The summed E-state index contributed by atoms with van der Waals surface area (Å²) in [5, 5.41) is 2.89. The molecule has 0 radical (unpaired) electrons. The van der Waals surface area contributed by atoms with Crippen molar-refractivity contribution in [3.63, 3.8) is 0 Å². The topological polar surface area (TPSA) is 76.6 Å². The Morgan fingerprint density at radius 1 is 1.29 bits per heavy atom. The molecule has 24 heavy (non-hydrogen) atoms. The van der Waals surface area contributed by atoms with Crippen molar-refractivity contribution < 1.29 is 14.3 Å². The van der Waals surface area contributed by atoms with Crippen molar-refractivity contribution in [2.75, 3.05) is 38.3 Å². The zero-order chi connectivity index (χ0) is 16.8. The third-order valence-electron chi connectivity index (χ3n) is 3.81. The molecule has 0 aliphatic carbocycles. The number of methoxy groups -OCH3 is 1. The molecule has 7 nitrogen and oxygen atoms in total. The summed E-state index contributed by atoms with van der Waals surface area (Å²) in [5.74, 6) is 1.01. The molecule has 1 aliphatic heterocycles. The molecule has 0 unspecified atom stereocenters. The molecule has 1 saturated heterocycles. The highest BCUT2D eigenvalue weighted by molar-refractivity contribution is 5.96. The van der Waals surface area contributed by atoms with Crippen molar-refractivity contribution in [1.29, 1.82) is 0 Å². The molecule has 1 amide bonds. The number of carbonyl (C=O) groups excluding carboxylic acids is 1. The lowest BCUT2D eigenvalue weighted by Gasteiger charge is -2.28. The van der Waals surface area contributed by atoms with E-state index in [-0.39, 0.29) is 5.91 Å². The van der Waals surface area contributed by atoms with Crippen molar-refractivity contribution in [1.82, 2.24) is 15.3 Å². The van der Waals surface area contributed by atoms with Gasteiger partial charge in [-0.1, -0.05) is 0 Å². The van der Waals surface area contributed by atoms with E-state index >= 15 is 0 Å². The highest BCUT2D eigenvalue weighted by Gasteiger charge is 2.14. The summed E-state index contributed by atoms with van der Waals surface area (Å²) >= 11 is 0. The number of nitrogens with one attached hydrogen (secondary N) is 1. The SMILES string of the molecule is COc1ncccc1C(=O)NCc1ccnc(N2CCOCC2)c1. The van der Waals surface area contributed by atoms with Gasteiger partial charge in [0.15, 0.2) is 0 Å². The molecule has 0 atom stereocenters. The Labute approximate surface area is 140 Å². The number of ether oxygens (including phenoxy) is 2. The van der Waals surface area contributed by atoms with Crippen molar-refractivity contribution in [3.05, 3.63) is 47.8 Å². The molecule has 1 fully saturated rings. The third-order valence-corrected chi connectivity index (χ3v) is 3.81. The summed E-state index contributed by atoms with van der Waals surface area (Å²) in [6, 6.07) is 7.28. The average Bonchev–Trinajstić information content (AvgIpc) is 2.67. The molecule has 0 spiro atoms. The second-order valence-corrected chi connectivity index (χ2v) is 5.36. The largest absolute Gasteiger partial charge is 0.480 e. The Bertz CT molecular complexity index is 702. The molecule has 3 heterocycles. The van der Waals surface area contributed by atoms with Crippen LogP contribution in [0.1, 0.15) is 15.9 Å². The van der Waals surface area contributed by atoms with Gasteiger partial charge in [0.25, 0.3) is 5.91 Å². The van der Waals surface area contributed by atoms with Crippen molar-refractivity contribution in [2.24, 2.45) is 0 Å². The lowest BCUT2D eigenvalue weighted by Crippen LogP contribution is -2.36. The van der Waals surface area contributed by atoms with Crippen LogP contribution in [-0.4, -0.2) is 49.3 Å². The first-order chi connectivity index (χ1) is 11.8. The van der Waals surface area contributed by atoms with Crippen molar-refractivity contribution in [2.45, 2.75) is 6.54 Å². The lowest BCUT2D eigenvalue weighted by atomic mass is 10.2. The summed E-state index contributed by atoms with van der Waals surface area (Å²) in [6.07, 6.45) is 3.35. The van der Waals surface area contributed by atoms with E-state index in [9.17, 15) is 4.79 Å². The maximum absolute atomic E-state index is 12.3. The van der Waals surface area contributed by atoms with E-state index in [1.807, 2.05) is 12.1 Å². The molecule has 0 saturated carbocycles. The molecular formula is C17H20N4O3. The molecule has 3 rings (SSSR count). The van der Waals surface area contributed by atoms with Crippen LogP contribution in [-0.2, 0) is 11.3 Å². The predicted molar refractivity (Wildman–Crippen MR) is 89.2 cm³/mol. The Hall–Kier alpha value is -2.67. The standard InChI is InChI=1S/C17H20N4O3/c1-23-17-14(3-2-5-19-17)16(22)20-12-13-4-6-18-15(11-13)21-7-9-24-10-8-21/h2-6,11H,7-10,12H2,1H3,(H,20,22). The number of hydrogen-bond acceptors (Lipinski definition) is 6. The molecule has 7 heteroatoms. The molecule has 1 N–H and O–H groups in total. The van der Waals surface area contributed by atoms with E-state index in [1.165, 1.54) is 7.11 Å². The Morgan fingerprint density at radius 3 is 2.92 bits per heavy atom. The van der Waals surface area contributed by atoms with Gasteiger partial charge in [0.05, 0.1) is 20.3 Å². The Balaban J connectivity index is 1.65. The molecule has 126 valence electrons. The average molecular weight is 328 g/mol. The quantitative estimate of drug-likeness (QED) is 0.890. The zero-order valence-electron chi connectivity index (χ0n) is 13.6. The van der Waals surface area contributed by atoms with E-state index in [0.717, 1.165) is 24.5 Å². The lowest BCUT2D eigenvalue weighted by molar-refractivity contribution is 0.0947. The fraction of sp³-hybridized carbons (Fsp3) is 0.353. The molecule has 0 bridgehead atoms. The van der Waals surface area contributed by atoms with Gasteiger partial charge < -0.3 is 19.7 Å². The Morgan fingerprint density at radius 2 is 2.12 bits per heavy atom. The van der Waals surface area contributed by atoms with Crippen LogP contribution in [0, 0.1) is 0 Å². The summed E-state index contributed by atoms with van der Waals surface area (Å²) in [6.45, 7) is 3.50. The molecule has 2 aromatic rings. The monoisotopic (exact) mass is 328 g/mol. The normalized spacial score (nSPS) is 14.3. The smallest absolute Gasteiger partial charge is 0.257 e. The van der Waals surface area contributed by atoms with Crippen LogP contribution in [0.4, 0.5) is 5.82 Å². The first-order valence-electron chi connectivity index (χ1n) is 7.83. The number of hydrogen-bond donors (Lipinski definition) is 1. The van der Waals surface area contributed by atoms with Gasteiger partial charge in [-0.2, -0.15) is 0 Å². The molecule has 1 aliphatic rings. The van der Waals surface area contributed by atoms with Gasteiger partial charge in [0.2, 0.25) is 5.88 Å². The number of nitrogens with zero attached hydrogens (tertiary/aromatic N) is 3. The van der Waals surface area contributed by atoms with E-state index in [1.54, 1.807) is 24.5 Å². The highest BCUT2D eigenvalue weighted by atomic mass is 16.5. The number of amides is 1. The van der Waals surface area contributed by atoms with Crippen LogP contribution in [0.5, 0.6) is 5.88 Å². The van der Waals surface area contributed by atoms with E-state index in [4.69, 9.17) is 9.47 Å². The van der Waals surface area contributed by atoms with Crippen LogP contribution in [0.2, 0.25) is 0 Å². The number of pyridine rings is 2. The second-order valence-electron chi connectivity index (χ2n) is 5.36. The van der Waals surface area contributed by atoms with Gasteiger partial charge in [-0.05, 0) is 29.8 Å². The number of rotatable bonds is 5. The number of carbonyl (C=O) groups is 1. The van der Waals surface area contributed by atoms with E-state index in [2.05, 4.69) is 20.2 Å². The summed E-state index contributed by atoms with van der Waals surface area (Å²) < 4.78 is 10.5. The van der Waals surface area contributed by atoms with Crippen LogP contribution >= 0.6 is 0 Å². The van der Waals surface area contributed by atoms with Crippen molar-refractivity contribution in [3.8, 4) is 5.88 Å². The number of morpholine rings is 1. The van der Waals surface area contributed by atoms with Gasteiger partial charge in [-0.3, -0.25) is 4.79 Å². The fourth-order valence-electron chi connectivity index (χ4n) is 2.54. The second kappa shape index (κ2) is 7.74. The maximum Gasteiger partial charge on any atom is 0.257 e. The van der Waals surface area contributed by atoms with Crippen molar-refractivity contribution >= 4 is 11.7 Å². The third kappa shape index (κ3) is 3.80. The minimum atomic E-state index is -0.218. The van der Waals surface area contributed by atoms with Crippen LogP contribution in [0.15, 0.2) is 36.7 Å². The van der Waals surface area contributed by atoms with Gasteiger partial charge in [0, 0.05) is 32.0 Å². The van der Waals surface area contributed by atoms with Gasteiger partial charge in [-0.15, -0.1) is 0 Å². The zero-order valence-corrected chi connectivity index (χ0v) is 13.6. The number of aromatic nitrogens is 2.